The Morgan fingerprint density at radius 2 is 1.96 bits per heavy atom. The van der Waals surface area contributed by atoms with Crippen molar-refractivity contribution in [3.05, 3.63) is 52.1 Å². The van der Waals surface area contributed by atoms with Gasteiger partial charge in [-0.3, -0.25) is 9.78 Å². The Kier molecular flexibility index (Phi) is 7.67. The highest BCUT2D eigenvalue weighted by molar-refractivity contribution is 5.79. The van der Waals surface area contributed by atoms with E-state index in [4.69, 9.17) is 4.74 Å². The van der Waals surface area contributed by atoms with Gasteiger partial charge in [-0.25, -0.2) is 4.79 Å². The number of imidazole rings is 1. The molecule has 0 aliphatic heterocycles. The highest BCUT2D eigenvalue weighted by Gasteiger charge is 2.12. The Morgan fingerprint density at radius 1 is 1.23 bits per heavy atom. The molecule has 0 unspecified atom stereocenters. The molecule has 2 aromatic rings. The SMILES string of the molecule is CCOC(=O)CCCCCCc1c(O)[nH]c(=O)n1N=Cc1ccccc1. The molecular formula is C19H25N3O4. The molecule has 1 aromatic carbocycles. The fourth-order valence-electron chi connectivity index (χ4n) is 2.61. The summed E-state index contributed by atoms with van der Waals surface area (Å²) in [5.74, 6) is -0.313. The van der Waals surface area contributed by atoms with Gasteiger partial charge in [-0.15, -0.1) is 0 Å². The molecule has 2 rings (SSSR count). The van der Waals surface area contributed by atoms with E-state index >= 15 is 0 Å². The van der Waals surface area contributed by atoms with Gasteiger partial charge in [-0.1, -0.05) is 43.2 Å². The van der Waals surface area contributed by atoms with Gasteiger partial charge in [0.05, 0.1) is 12.8 Å². The highest BCUT2D eigenvalue weighted by Crippen LogP contribution is 2.16. The average molecular weight is 359 g/mol. The van der Waals surface area contributed by atoms with Crippen LogP contribution < -0.4 is 5.69 Å². The van der Waals surface area contributed by atoms with Crippen LogP contribution in [0.15, 0.2) is 40.2 Å². The molecule has 2 N–H and O–H groups in total. The molecule has 0 saturated carbocycles. The minimum atomic E-state index is -0.466. The summed E-state index contributed by atoms with van der Waals surface area (Å²) >= 11 is 0. The number of hydrogen-bond donors (Lipinski definition) is 2. The molecule has 1 heterocycles. The standard InChI is InChI=1S/C19H25N3O4/c1-2-26-17(23)13-9-4-3-8-12-16-18(24)21-19(25)22(16)20-14-15-10-6-5-7-11-15/h5-7,10-11,14,24H,2-4,8-9,12-13H2,1H3,(H,21,25). The highest BCUT2D eigenvalue weighted by atomic mass is 16.5. The number of aromatic hydroxyl groups is 1. The number of nitrogens with zero attached hydrogens (tertiary/aromatic N) is 2. The van der Waals surface area contributed by atoms with Crippen LogP contribution in [0.1, 0.15) is 50.3 Å². The minimum Gasteiger partial charge on any atom is -0.493 e. The molecule has 7 nitrogen and oxygen atoms in total. The number of aromatic nitrogens is 2. The predicted molar refractivity (Wildman–Crippen MR) is 99.6 cm³/mol. The number of aromatic amines is 1. The summed E-state index contributed by atoms with van der Waals surface area (Å²) in [4.78, 5) is 25.6. The van der Waals surface area contributed by atoms with Crippen LogP contribution in [0.2, 0.25) is 0 Å². The molecule has 0 spiro atoms. The summed E-state index contributed by atoms with van der Waals surface area (Å²) in [5.41, 5.74) is 0.865. The van der Waals surface area contributed by atoms with Gasteiger partial charge in [0.15, 0.2) is 0 Å². The number of benzene rings is 1. The number of rotatable bonds is 10. The van der Waals surface area contributed by atoms with Crippen molar-refractivity contribution in [2.45, 2.75) is 45.4 Å². The number of hydrogen-bond acceptors (Lipinski definition) is 5. The largest absolute Gasteiger partial charge is 0.493 e. The van der Waals surface area contributed by atoms with E-state index in [1.807, 2.05) is 30.3 Å². The first-order valence-electron chi connectivity index (χ1n) is 8.89. The summed E-state index contributed by atoms with van der Waals surface area (Å²) in [6.07, 6.45) is 5.87. The Bertz CT molecular complexity index is 778. The number of carbonyl (C=O) groups is 1. The quantitative estimate of drug-likeness (QED) is 0.387. The van der Waals surface area contributed by atoms with E-state index in [0.29, 0.717) is 25.1 Å². The van der Waals surface area contributed by atoms with Crippen molar-refractivity contribution in [1.29, 1.82) is 0 Å². The van der Waals surface area contributed by atoms with E-state index in [0.717, 1.165) is 31.2 Å². The zero-order chi connectivity index (χ0) is 18.8. The Balaban J connectivity index is 1.87. The Hall–Kier alpha value is -2.83. The van der Waals surface area contributed by atoms with Crippen LogP contribution in [0.3, 0.4) is 0 Å². The maximum absolute atomic E-state index is 11.9. The lowest BCUT2D eigenvalue weighted by molar-refractivity contribution is -0.143. The molecule has 0 bridgehead atoms. The lowest BCUT2D eigenvalue weighted by Crippen LogP contribution is -2.15. The molecule has 26 heavy (non-hydrogen) atoms. The van der Waals surface area contributed by atoms with Crippen LogP contribution in [-0.2, 0) is 16.0 Å². The molecule has 0 aliphatic carbocycles. The van der Waals surface area contributed by atoms with Gasteiger partial charge in [0.2, 0.25) is 5.88 Å². The van der Waals surface area contributed by atoms with Gasteiger partial charge in [-0.2, -0.15) is 9.78 Å². The van der Waals surface area contributed by atoms with Crippen molar-refractivity contribution in [1.82, 2.24) is 9.66 Å². The number of ether oxygens (including phenoxy) is 1. The Labute approximate surface area is 152 Å². The second kappa shape index (κ2) is 10.2. The first-order chi connectivity index (χ1) is 12.6. The van der Waals surface area contributed by atoms with Crippen molar-refractivity contribution < 1.29 is 14.6 Å². The van der Waals surface area contributed by atoms with Crippen molar-refractivity contribution in [3.63, 3.8) is 0 Å². The number of nitrogens with one attached hydrogen (secondary N) is 1. The first-order valence-corrected chi connectivity index (χ1v) is 8.89. The lowest BCUT2D eigenvalue weighted by Gasteiger charge is -2.04. The third kappa shape index (κ3) is 5.91. The van der Waals surface area contributed by atoms with Gasteiger partial charge in [0.25, 0.3) is 0 Å². The first kappa shape index (κ1) is 19.5. The molecular weight excluding hydrogens is 334 g/mol. The van der Waals surface area contributed by atoms with Gasteiger partial charge >= 0.3 is 11.7 Å². The van der Waals surface area contributed by atoms with Crippen LogP contribution in [0.5, 0.6) is 5.88 Å². The van der Waals surface area contributed by atoms with Crippen molar-refractivity contribution in [2.24, 2.45) is 5.10 Å². The molecule has 0 aliphatic rings. The van der Waals surface area contributed by atoms with Gasteiger partial charge in [0, 0.05) is 6.42 Å². The van der Waals surface area contributed by atoms with Crippen LogP contribution in [0.25, 0.3) is 0 Å². The third-order valence-corrected chi connectivity index (χ3v) is 3.92. The van der Waals surface area contributed by atoms with E-state index in [9.17, 15) is 14.7 Å². The topological polar surface area (TPSA) is 96.7 Å². The fourth-order valence-corrected chi connectivity index (χ4v) is 2.61. The van der Waals surface area contributed by atoms with Crippen molar-refractivity contribution in [3.8, 4) is 5.88 Å². The summed E-state index contributed by atoms with van der Waals surface area (Å²) in [5, 5.41) is 14.1. The normalized spacial score (nSPS) is 11.1. The van der Waals surface area contributed by atoms with E-state index in [2.05, 4.69) is 10.1 Å². The molecule has 0 atom stereocenters. The monoisotopic (exact) mass is 359 g/mol. The predicted octanol–water partition coefficient (Wildman–Crippen LogP) is 2.82. The van der Waals surface area contributed by atoms with Crippen LogP contribution in [-0.4, -0.2) is 33.6 Å². The van der Waals surface area contributed by atoms with E-state index in [1.165, 1.54) is 4.68 Å². The summed E-state index contributed by atoms with van der Waals surface area (Å²) in [7, 11) is 0. The van der Waals surface area contributed by atoms with Crippen LogP contribution >= 0.6 is 0 Å². The number of unbranched alkanes of at least 4 members (excludes halogenated alkanes) is 3. The maximum Gasteiger partial charge on any atom is 0.349 e. The summed E-state index contributed by atoms with van der Waals surface area (Å²) in [6, 6.07) is 9.43. The van der Waals surface area contributed by atoms with Crippen molar-refractivity contribution >= 4 is 12.2 Å². The van der Waals surface area contributed by atoms with E-state index in [-0.39, 0.29) is 11.8 Å². The second-order valence-corrected chi connectivity index (χ2v) is 5.91. The molecule has 140 valence electrons. The molecule has 0 saturated heterocycles. The number of H-pyrrole nitrogens is 1. The zero-order valence-electron chi connectivity index (χ0n) is 15.0. The zero-order valence-corrected chi connectivity index (χ0v) is 15.0. The third-order valence-electron chi connectivity index (χ3n) is 3.92. The smallest absolute Gasteiger partial charge is 0.349 e. The van der Waals surface area contributed by atoms with Gasteiger partial charge in [0.1, 0.15) is 5.69 Å². The van der Waals surface area contributed by atoms with Crippen LogP contribution in [0.4, 0.5) is 0 Å². The van der Waals surface area contributed by atoms with E-state index < -0.39 is 5.69 Å². The van der Waals surface area contributed by atoms with E-state index in [1.54, 1.807) is 13.1 Å². The lowest BCUT2D eigenvalue weighted by atomic mass is 10.1. The van der Waals surface area contributed by atoms with Gasteiger partial charge < -0.3 is 9.84 Å². The van der Waals surface area contributed by atoms with Crippen LogP contribution in [0, 0.1) is 0 Å². The minimum absolute atomic E-state index is 0.147. The number of carbonyl (C=O) groups excluding carboxylic acids is 1. The van der Waals surface area contributed by atoms with Crippen molar-refractivity contribution in [2.75, 3.05) is 6.61 Å². The average Bonchev–Trinajstić information content (AvgIpc) is 2.90. The summed E-state index contributed by atoms with van der Waals surface area (Å²) < 4.78 is 6.08. The molecule has 7 heteroatoms. The molecule has 0 fully saturated rings. The number of esters is 1. The van der Waals surface area contributed by atoms with Gasteiger partial charge in [-0.05, 0) is 31.7 Å². The fraction of sp³-hybridized carbons (Fsp3) is 0.421. The maximum atomic E-state index is 11.9. The summed E-state index contributed by atoms with van der Waals surface area (Å²) in [6.45, 7) is 2.20. The second-order valence-electron chi connectivity index (χ2n) is 5.91. The molecule has 0 amide bonds. The Morgan fingerprint density at radius 3 is 2.69 bits per heavy atom. The molecule has 0 radical (unpaired) electrons. The molecule has 1 aromatic heterocycles.